The lowest BCUT2D eigenvalue weighted by Gasteiger charge is -2.33. The highest BCUT2D eigenvalue weighted by Gasteiger charge is 2.30. The summed E-state index contributed by atoms with van der Waals surface area (Å²) in [6, 6.07) is 4.44. The lowest BCUT2D eigenvalue weighted by atomic mass is 9.83. The molecule has 5 heteroatoms. The molecule has 3 rings (SSSR count). The summed E-state index contributed by atoms with van der Waals surface area (Å²) in [5, 5.41) is 3.62. The van der Waals surface area contributed by atoms with Gasteiger partial charge in [0.1, 0.15) is 5.82 Å². The Kier molecular flexibility index (Phi) is 6.40. The summed E-state index contributed by atoms with van der Waals surface area (Å²) < 4.78 is 1.15. The number of nitrogens with one attached hydrogen (secondary N) is 1. The predicted octanol–water partition coefficient (Wildman–Crippen LogP) is 5.74. The molecule has 4 nitrogen and oxygen atoms in total. The van der Waals surface area contributed by atoms with E-state index in [1.54, 1.807) is 0 Å². The minimum Gasteiger partial charge on any atom is -0.381 e. The second kappa shape index (κ2) is 8.59. The lowest BCUT2D eigenvalue weighted by Crippen LogP contribution is -2.30. The van der Waals surface area contributed by atoms with Crippen molar-refractivity contribution in [2.24, 2.45) is 0 Å². The highest BCUT2D eigenvalue weighted by molar-refractivity contribution is 9.10. The Balaban J connectivity index is 2.11. The molecule has 0 amide bonds. The van der Waals surface area contributed by atoms with Crippen molar-refractivity contribution in [3.8, 4) is 0 Å². The zero-order chi connectivity index (χ0) is 19.6. The van der Waals surface area contributed by atoms with Crippen LogP contribution in [0.15, 0.2) is 16.6 Å². The monoisotopic (exact) mass is 430 g/mol. The summed E-state index contributed by atoms with van der Waals surface area (Å²) in [4.78, 5) is 12.2. The Labute approximate surface area is 171 Å². The first kappa shape index (κ1) is 20.1. The Morgan fingerprint density at radius 1 is 1.15 bits per heavy atom. The van der Waals surface area contributed by atoms with E-state index in [0.29, 0.717) is 5.92 Å². The van der Waals surface area contributed by atoms with Crippen LogP contribution in [-0.2, 0) is 0 Å². The summed E-state index contributed by atoms with van der Waals surface area (Å²) >= 11 is 3.63. The molecule has 2 heterocycles. The SMILES string of the molecule is CCCCN(CC)c1nc(C)nc2c1NCCC2c1c(C)cc(Br)cc1C. The van der Waals surface area contributed by atoms with Crippen molar-refractivity contribution in [3.05, 3.63) is 44.8 Å². The second-order valence-electron chi connectivity index (χ2n) is 7.51. The van der Waals surface area contributed by atoms with Gasteiger partial charge in [-0.25, -0.2) is 9.97 Å². The van der Waals surface area contributed by atoms with Crippen LogP contribution in [0.1, 0.15) is 67.2 Å². The van der Waals surface area contributed by atoms with Crippen molar-refractivity contribution in [2.45, 2.75) is 59.8 Å². The van der Waals surface area contributed by atoms with Crippen LogP contribution in [0.25, 0.3) is 0 Å². The smallest absolute Gasteiger partial charge is 0.156 e. The molecular formula is C22H31BrN4. The molecule has 1 aromatic heterocycles. The lowest BCUT2D eigenvalue weighted by molar-refractivity contribution is 0.669. The van der Waals surface area contributed by atoms with Gasteiger partial charge in [0.2, 0.25) is 0 Å². The van der Waals surface area contributed by atoms with Gasteiger partial charge in [0.25, 0.3) is 0 Å². The van der Waals surface area contributed by atoms with E-state index in [4.69, 9.17) is 9.97 Å². The Morgan fingerprint density at radius 3 is 2.48 bits per heavy atom. The number of halogens is 1. The average molecular weight is 431 g/mol. The molecule has 1 aromatic carbocycles. The van der Waals surface area contributed by atoms with Gasteiger partial charge in [-0.15, -0.1) is 0 Å². The molecule has 1 aliphatic rings. The molecule has 0 spiro atoms. The number of hydrogen-bond acceptors (Lipinski definition) is 4. The first-order valence-corrected chi connectivity index (χ1v) is 10.9. The molecule has 0 bridgehead atoms. The molecule has 1 atom stereocenters. The van der Waals surface area contributed by atoms with Crippen molar-refractivity contribution in [3.63, 3.8) is 0 Å². The molecule has 0 saturated heterocycles. The fourth-order valence-electron chi connectivity index (χ4n) is 4.22. The molecule has 1 unspecified atom stereocenters. The summed E-state index contributed by atoms with van der Waals surface area (Å²) in [6.07, 6.45) is 3.43. The number of aromatic nitrogens is 2. The number of hydrogen-bond donors (Lipinski definition) is 1. The fraction of sp³-hybridized carbons (Fsp3) is 0.545. The maximum Gasteiger partial charge on any atom is 0.156 e. The van der Waals surface area contributed by atoms with Gasteiger partial charge in [-0.2, -0.15) is 0 Å². The van der Waals surface area contributed by atoms with Crippen molar-refractivity contribution in [1.29, 1.82) is 0 Å². The van der Waals surface area contributed by atoms with E-state index in [1.165, 1.54) is 29.5 Å². The third kappa shape index (κ3) is 4.13. The van der Waals surface area contributed by atoms with Crippen LogP contribution in [0.2, 0.25) is 0 Å². The number of benzene rings is 1. The third-order valence-corrected chi connectivity index (χ3v) is 5.92. The number of unbranched alkanes of at least 4 members (excludes halogenated alkanes) is 1. The maximum atomic E-state index is 4.92. The van der Waals surface area contributed by atoms with E-state index < -0.39 is 0 Å². The van der Waals surface area contributed by atoms with E-state index in [2.05, 4.69) is 66.0 Å². The van der Waals surface area contributed by atoms with E-state index in [0.717, 1.165) is 53.6 Å². The minimum atomic E-state index is 0.319. The van der Waals surface area contributed by atoms with E-state index in [1.807, 2.05) is 6.92 Å². The van der Waals surface area contributed by atoms with E-state index >= 15 is 0 Å². The standard InChI is InChI=1S/C22H31BrN4/c1-6-8-11-27(7-2)22-21-20(25-16(5)26-22)18(9-10-24-21)19-14(3)12-17(23)13-15(19)4/h12-13,18,24H,6-11H2,1-5H3. The van der Waals surface area contributed by atoms with Crippen LogP contribution in [0.5, 0.6) is 0 Å². The topological polar surface area (TPSA) is 41.1 Å². The largest absolute Gasteiger partial charge is 0.381 e. The Bertz CT molecular complexity index is 795. The zero-order valence-electron chi connectivity index (χ0n) is 17.2. The van der Waals surface area contributed by atoms with Crippen molar-refractivity contribution >= 4 is 27.4 Å². The molecule has 0 aliphatic carbocycles. The first-order valence-electron chi connectivity index (χ1n) is 10.1. The van der Waals surface area contributed by atoms with Crippen LogP contribution >= 0.6 is 15.9 Å². The van der Waals surface area contributed by atoms with Gasteiger partial charge in [-0.3, -0.25) is 0 Å². The van der Waals surface area contributed by atoms with Crippen LogP contribution in [-0.4, -0.2) is 29.6 Å². The minimum absolute atomic E-state index is 0.319. The second-order valence-corrected chi connectivity index (χ2v) is 8.42. The quantitative estimate of drug-likeness (QED) is 0.634. The van der Waals surface area contributed by atoms with E-state index in [-0.39, 0.29) is 0 Å². The molecule has 27 heavy (non-hydrogen) atoms. The van der Waals surface area contributed by atoms with Crippen molar-refractivity contribution in [2.75, 3.05) is 29.9 Å². The molecule has 0 fully saturated rings. The highest BCUT2D eigenvalue weighted by Crippen LogP contribution is 2.42. The molecule has 1 aliphatic heterocycles. The average Bonchev–Trinajstić information content (AvgIpc) is 2.61. The molecule has 0 radical (unpaired) electrons. The number of aryl methyl sites for hydroxylation is 3. The van der Waals surface area contributed by atoms with Gasteiger partial charge < -0.3 is 10.2 Å². The van der Waals surface area contributed by atoms with Gasteiger partial charge in [-0.1, -0.05) is 29.3 Å². The maximum absolute atomic E-state index is 4.92. The van der Waals surface area contributed by atoms with Gasteiger partial charge in [0, 0.05) is 30.0 Å². The number of nitrogens with zero attached hydrogens (tertiary/aromatic N) is 3. The molecular weight excluding hydrogens is 400 g/mol. The van der Waals surface area contributed by atoms with Crippen molar-refractivity contribution < 1.29 is 0 Å². The summed E-state index contributed by atoms with van der Waals surface area (Å²) in [7, 11) is 0. The predicted molar refractivity (Wildman–Crippen MR) is 118 cm³/mol. The summed E-state index contributed by atoms with van der Waals surface area (Å²) in [6.45, 7) is 13.9. The molecule has 2 aromatic rings. The molecule has 0 saturated carbocycles. The van der Waals surface area contributed by atoms with Gasteiger partial charge in [0.05, 0.1) is 11.4 Å². The highest BCUT2D eigenvalue weighted by atomic mass is 79.9. The number of fused-ring (bicyclic) bond motifs is 1. The number of anilines is 2. The van der Waals surface area contributed by atoms with Gasteiger partial charge >= 0.3 is 0 Å². The van der Waals surface area contributed by atoms with E-state index in [9.17, 15) is 0 Å². The normalized spacial score (nSPS) is 16.0. The third-order valence-electron chi connectivity index (χ3n) is 5.46. The summed E-state index contributed by atoms with van der Waals surface area (Å²) in [5.41, 5.74) is 6.37. The Morgan fingerprint density at radius 2 is 1.85 bits per heavy atom. The fourth-order valence-corrected chi connectivity index (χ4v) is 4.91. The van der Waals surface area contributed by atoms with Crippen LogP contribution in [0, 0.1) is 20.8 Å². The summed E-state index contributed by atoms with van der Waals surface area (Å²) in [5.74, 6) is 2.25. The van der Waals surface area contributed by atoms with Crippen LogP contribution < -0.4 is 10.2 Å². The van der Waals surface area contributed by atoms with Gasteiger partial charge in [0.15, 0.2) is 5.82 Å². The zero-order valence-corrected chi connectivity index (χ0v) is 18.8. The number of rotatable bonds is 6. The molecule has 1 N–H and O–H groups in total. The van der Waals surface area contributed by atoms with Crippen LogP contribution in [0.4, 0.5) is 11.5 Å². The van der Waals surface area contributed by atoms with Crippen molar-refractivity contribution in [1.82, 2.24) is 9.97 Å². The van der Waals surface area contributed by atoms with Crippen LogP contribution in [0.3, 0.4) is 0 Å². The first-order chi connectivity index (χ1) is 13.0. The Hall–Kier alpha value is -1.62. The van der Waals surface area contributed by atoms with Gasteiger partial charge in [-0.05, 0) is 69.4 Å². The molecule has 146 valence electrons.